The SMILES string of the molecule is NS(=O)CCS(=O)(=O)C(F)(F)F. The van der Waals surface area contributed by atoms with E-state index in [0.29, 0.717) is 0 Å². The van der Waals surface area contributed by atoms with Gasteiger partial charge in [0.1, 0.15) is 0 Å². The molecule has 0 spiro atoms. The Labute approximate surface area is 69.4 Å². The molecule has 0 radical (unpaired) electrons. The summed E-state index contributed by atoms with van der Waals surface area (Å²) < 4.78 is 65.2. The van der Waals surface area contributed by atoms with Crippen molar-refractivity contribution >= 4 is 20.8 Å². The van der Waals surface area contributed by atoms with Gasteiger partial charge < -0.3 is 0 Å². The predicted molar refractivity (Wildman–Crippen MR) is 37.0 cm³/mol. The van der Waals surface area contributed by atoms with Crippen LogP contribution in [0.2, 0.25) is 0 Å². The van der Waals surface area contributed by atoms with E-state index < -0.39 is 37.8 Å². The van der Waals surface area contributed by atoms with Crippen LogP contribution in [0.4, 0.5) is 13.2 Å². The predicted octanol–water partition coefficient (Wildman–Crippen LogP) is -0.457. The fraction of sp³-hybridized carbons (Fsp3) is 1.00. The first kappa shape index (κ1) is 11.8. The van der Waals surface area contributed by atoms with Crippen LogP contribution >= 0.6 is 0 Å². The zero-order valence-electron chi connectivity index (χ0n) is 5.67. The molecule has 0 fully saturated rings. The van der Waals surface area contributed by atoms with Crippen molar-refractivity contribution in [3.05, 3.63) is 0 Å². The molecule has 0 bridgehead atoms. The minimum Gasteiger partial charge on any atom is -0.252 e. The molecule has 12 heavy (non-hydrogen) atoms. The van der Waals surface area contributed by atoms with E-state index in [1.54, 1.807) is 0 Å². The molecular weight excluding hydrogens is 219 g/mol. The van der Waals surface area contributed by atoms with Crippen LogP contribution in [0.1, 0.15) is 0 Å². The Balaban J connectivity index is 4.37. The Morgan fingerprint density at radius 2 is 1.75 bits per heavy atom. The second-order valence-corrected chi connectivity index (χ2v) is 5.12. The molecule has 74 valence electrons. The Morgan fingerprint density at radius 1 is 1.33 bits per heavy atom. The van der Waals surface area contributed by atoms with Gasteiger partial charge in [-0.15, -0.1) is 0 Å². The van der Waals surface area contributed by atoms with E-state index in [1.807, 2.05) is 0 Å². The second kappa shape index (κ2) is 3.71. The van der Waals surface area contributed by atoms with E-state index in [4.69, 9.17) is 0 Å². The molecule has 0 saturated heterocycles. The highest BCUT2D eigenvalue weighted by atomic mass is 32.2. The summed E-state index contributed by atoms with van der Waals surface area (Å²) in [6.07, 6.45) is 0. The average molecular weight is 225 g/mol. The van der Waals surface area contributed by atoms with Gasteiger partial charge in [-0.05, 0) is 0 Å². The molecule has 0 amide bonds. The van der Waals surface area contributed by atoms with Crippen molar-refractivity contribution < 1.29 is 25.8 Å². The van der Waals surface area contributed by atoms with Gasteiger partial charge in [0.2, 0.25) is 9.84 Å². The maximum absolute atomic E-state index is 11.6. The number of nitrogens with two attached hydrogens (primary N) is 1. The Kier molecular flexibility index (Phi) is 3.66. The van der Waals surface area contributed by atoms with E-state index in [9.17, 15) is 25.8 Å². The maximum atomic E-state index is 11.6. The van der Waals surface area contributed by atoms with E-state index in [2.05, 4.69) is 5.14 Å². The van der Waals surface area contributed by atoms with E-state index in [0.717, 1.165) is 0 Å². The quantitative estimate of drug-likeness (QED) is 0.706. The number of alkyl halides is 3. The molecule has 0 aliphatic rings. The highest BCUT2D eigenvalue weighted by Gasteiger charge is 2.44. The summed E-state index contributed by atoms with van der Waals surface area (Å²) in [5.74, 6) is -1.94. The van der Waals surface area contributed by atoms with Crippen LogP contribution in [0.15, 0.2) is 0 Å². The third kappa shape index (κ3) is 3.50. The lowest BCUT2D eigenvalue weighted by Crippen LogP contribution is -2.29. The number of hydrogen-bond acceptors (Lipinski definition) is 3. The molecule has 0 saturated carbocycles. The molecule has 1 unspecified atom stereocenters. The summed E-state index contributed by atoms with van der Waals surface area (Å²) in [7, 11) is -7.19. The summed E-state index contributed by atoms with van der Waals surface area (Å²) in [6.45, 7) is 0. The molecular formula is C3H6F3NO3S2. The van der Waals surface area contributed by atoms with Gasteiger partial charge in [-0.25, -0.2) is 12.6 Å². The van der Waals surface area contributed by atoms with Crippen molar-refractivity contribution in [3.8, 4) is 0 Å². The van der Waals surface area contributed by atoms with Gasteiger partial charge in [-0.3, -0.25) is 5.14 Å². The highest BCUT2D eigenvalue weighted by Crippen LogP contribution is 2.23. The lowest BCUT2D eigenvalue weighted by molar-refractivity contribution is -0.0434. The first-order chi connectivity index (χ1) is 5.17. The first-order valence-corrected chi connectivity index (χ1v) is 5.62. The topological polar surface area (TPSA) is 77.2 Å². The van der Waals surface area contributed by atoms with Crippen LogP contribution in [0.5, 0.6) is 0 Å². The monoisotopic (exact) mass is 225 g/mol. The minimum absolute atomic E-state index is 0.707. The van der Waals surface area contributed by atoms with Gasteiger partial charge in [0.05, 0.1) is 22.5 Å². The maximum Gasteiger partial charge on any atom is 0.497 e. The Hall–Kier alpha value is -0.150. The van der Waals surface area contributed by atoms with Gasteiger partial charge in [0.25, 0.3) is 0 Å². The van der Waals surface area contributed by atoms with Crippen molar-refractivity contribution in [2.75, 3.05) is 11.5 Å². The lowest BCUT2D eigenvalue weighted by atomic mass is 11.0. The van der Waals surface area contributed by atoms with Crippen LogP contribution in [-0.4, -0.2) is 29.6 Å². The molecule has 2 N–H and O–H groups in total. The fourth-order valence-electron chi connectivity index (χ4n) is 0.308. The van der Waals surface area contributed by atoms with Crippen molar-refractivity contribution in [2.45, 2.75) is 5.51 Å². The van der Waals surface area contributed by atoms with Crippen molar-refractivity contribution in [2.24, 2.45) is 5.14 Å². The average Bonchev–Trinajstić information content (AvgIpc) is 1.81. The van der Waals surface area contributed by atoms with Gasteiger partial charge in [-0.2, -0.15) is 13.2 Å². The summed E-state index contributed by atoms with van der Waals surface area (Å²) in [4.78, 5) is 0. The Bertz CT molecular complexity index is 269. The van der Waals surface area contributed by atoms with E-state index in [1.165, 1.54) is 0 Å². The fourth-order valence-corrected chi connectivity index (χ4v) is 2.07. The molecule has 9 heteroatoms. The minimum atomic E-state index is -5.29. The molecule has 0 aliphatic carbocycles. The third-order valence-corrected chi connectivity index (χ3v) is 3.22. The van der Waals surface area contributed by atoms with Crippen LogP contribution in [0, 0.1) is 0 Å². The van der Waals surface area contributed by atoms with Crippen LogP contribution in [-0.2, 0) is 20.8 Å². The number of rotatable bonds is 3. The number of sulfone groups is 1. The van der Waals surface area contributed by atoms with Crippen LogP contribution in [0.3, 0.4) is 0 Å². The largest absolute Gasteiger partial charge is 0.497 e. The molecule has 0 rings (SSSR count). The van der Waals surface area contributed by atoms with Gasteiger partial charge >= 0.3 is 5.51 Å². The van der Waals surface area contributed by atoms with E-state index >= 15 is 0 Å². The van der Waals surface area contributed by atoms with Crippen LogP contribution < -0.4 is 5.14 Å². The normalized spacial score (nSPS) is 16.0. The smallest absolute Gasteiger partial charge is 0.252 e. The molecule has 1 atom stereocenters. The molecule has 4 nitrogen and oxygen atoms in total. The first-order valence-electron chi connectivity index (χ1n) is 2.58. The Morgan fingerprint density at radius 3 is 2.00 bits per heavy atom. The molecule has 0 aromatic heterocycles. The summed E-state index contributed by atoms with van der Waals surface area (Å²) in [5, 5.41) is 4.58. The third-order valence-electron chi connectivity index (χ3n) is 0.906. The summed E-state index contributed by atoms with van der Waals surface area (Å²) >= 11 is 0. The summed E-state index contributed by atoms with van der Waals surface area (Å²) in [6, 6.07) is 0. The summed E-state index contributed by atoms with van der Waals surface area (Å²) in [5.41, 5.74) is -5.29. The van der Waals surface area contributed by atoms with Gasteiger partial charge in [0.15, 0.2) is 0 Å². The number of hydrogen-bond donors (Lipinski definition) is 1. The molecule has 0 aromatic carbocycles. The highest BCUT2D eigenvalue weighted by molar-refractivity contribution is 7.93. The van der Waals surface area contributed by atoms with Gasteiger partial charge in [-0.1, -0.05) is 0 Å². The van der Waals surface area contributed by atoms with Gasteiger partial charge in [0, 0.05) is 0 Å². The number of halogens is 3. The van der Waals surface area contributed by atoms with Crippen molar-refractivity contribution in [1.82, 2.24) is 0 Å². The lowest BCUT2D eigenvalue weighted by Gasteiger charge is -2.05. The molecule has 0 aromatic rings. The van der Waals surface area contributed by atoms with Crippen molar-refractivity contribution in [1.29, 1.82) is 0 Å². The zero-order chi connectivity index (χ0) is 9.99. The second-order valence-electron chi connectivity index (χ2n) is 1.85. The molecule has 0 heterocycles. The molecule has 0 aliphatic heterocycles. The zero-order valence-corrected chi connectivity index (χ0v) is 7.30. The standard InChI is InChI=1S/C3H6F3NO3S2/c4-3(5,6)12(9,10)2-1-11(7)8/h1-2,7H2. The van der Waals surface area contributed by atoms with E-state index in [-0.39, 0.29) is 0 Å². The van der Waals surface area contributed by atoms with Crippen LogP contribution in [0.25, 0.3) is 0 Å². The van der Waals surface area contributed by atoms with Crippen molar-refractivity contribution in [3.63, 3.8) is 0 Å².